The molecular weight excluding hydrogens is 624 g/mol. The first kappa shape index (κ1) is 37.0. The molecule has 0 radical (unpaired) electrons. The third-order valence-electron chi connectivity index (χ3n) is 8.21. The highest BCUT2D eigenvalue weighted by Crippen LogP contribution is 2.35. The van der Waals surface area contributed by atoms with Crippen molar-refractivity contribution in [3.8, 4) is 0 Å². The Hall–Kier alpha value is -0.840. The van der Waals surface area contributed by atoms with Gasteiger partial charge in [0.05, 0.1) is 26.4 Å². The van der Waals surface area contributed by atoms with Gasteiger partial charge in [-0.3, -0.25) is 0 Å². The molecule has 0 spiro atoms. The summed E-state index contributed by atoms with van der Waals surface area (Å²) in [5.41, 5.74) is 0. The Morgan fingerprint density at radius 2 is 0.689 bits per heavy atom. The summed E-state index contributed by atoms with van der Waals surface area (Å²) in [5, 5.41) is 143. The molecular formula is C24H42O21. The van der Waals surface area contributed by atoms with Gasteiger partial charge in [-0.1, -0.05) is 0 Å². The second kappa shape index (κ2) is 15.6. The zero-order valence-electron chi connectivity index (χ0n) is 23.5. The minimum Gasteiger partial charge on any atom is -0.394 e. The lowest BCUT2D eigenvalue weighted by molar-refractivity contribution is -0.402. The van der Waals surface area contributed by atoms with Crippen LogP contribution in [0.1, 0.15) is 0 Å². The van der Waals surface area contributed by atoms with E-state index in [-0.39, 0.29) is 0 Å². The van der Waals surface area contributed by atoms with Gasteiger partial charge >= 0.3 is 0 Å². The third-order valence-corrected chi connectivity index (χ3v) is 8.21. The molecule has 45 heavy (non-hydrogen) atoms. The van der Waals surface area contributed by atoms with Crippen molar-refractivity contribution in [3.05, 3.63) is 0 Å². The summed E-state index contributed by atoms with van der Waals surface area (Å²) in [6.45, 7) is -3.47. The highest BCUT2D eigenvalue weighted by atomic mass is 16.8. The van der Waals surface area contributed by atoms with Crippen LogP contribution < -0.4 is 0 Å². The molecule has 4 saturated heterocycles. The van der Waals surface area contributed by atoms with Crippen molar-refractivity contribution in [2.24, 2.45) is 0 Å². The largest absolute Gasteiger partial charge is 0.394 e. The molecule has 20 atom stereocenters. The van der Waals surface area contributed by atoms with Crippen molar-refractivity contribution in [1.29, 1.82) is 0 Å². The molecule has 0 aromatic rings. The first-order chi connectivity index (χ1) is 21.3. The van der Waals surface area contributed by atoms with Crippen molar-refractivity contribution in [2.45, 2.75) is 123 Å². The maximum absolute atomic E-state index is 11.0. The first-order valence-corrected chi connectivity index (χ1v) is 14.1. The maximum atomic E-state index is 11.0. The normalized spacial score (nSPS) is 52.9. The van der Waals surface area contributed by atoms with Crippen LogP contribution in [-0.2, 0) is 33.2 Å². The molecule has 21 nitrogen and oxygen atoms in total. The van der Waals surface area contributed by atoms with Crippen LogP contribution in [0.2, 0.25) is 0 Å². The smallest absolute Gasteiger partial charge is 0.187 e. The van der Waals surface area contributed by atoms with Crippen LogP contribution in [0, 0.1) is 0 Å². The Morgan fingerprint density at radius 1 is 0.333 bits per heavy atom. The third kappa shape index (κ3) is 7.44. The van der Waals surface area contributed by atoms with Crippen LogP contribution in [0.5, 0.6) is 0 Å². The standard InChI is InChI=1S/C24H42O21/c25-1-5-9(29)12(32)17(37)22(40-5)44-19-13(33)10(30)7(3-27)42-24(19)45-20-14(34)11(31)6(2-26)41-23(20)43-18-8(4-28)39-21(38)16(36)15(18)35/h5-38H,1-4H2/t5-,6-,7-,8-,9-,10+,11-,12+,13+,14+,15-,16-,17-,18-,19-,20-,21+,22-,23-,24-/m1/s1. The Labute approximate surface area is 254 Å². The predicted molar refractivity (Wildman–Crippen MR) is 134 cm³/mol. The van der Waals surface area contributed by atoms with E-state index in [2.05, 4.69) is 0 Å². The van der Waals surface area contributed by atoms with Crippen LogP contribution in [0.4, 0.5) is 0 Å². The molecule has 0 aromatic carbocycles. The van der Waals surface area contributed by atoms with Gasteiger partial charge in [-0.25, -0.2) is 0 Å². The van der Waals surface area contributed by atoms with Gasteiger partial charge in [0.1, 0.15) is 97.7 Å². The first-order valence-electron chi connectivity index (χ1n) is 14.1. The summed E-state index contributed by atoms with van der Waals surface area (Å²) in [7, 11) is 0. The minimum absolute atomic E-state index is 0.838. The molecule has 21 heteroatoms. The highest BCUT2D eigenvalue weighted by Gasteiger charge is 2.55. The molecule has 4 fully saturated rings. The number of ether oxygens (including phenoxy) is 7. The lowest BCUT2D eigenvalue weighted by atomic mass is 9.96. The summed E-state index contributed by atoms with van der Waals surface area (Å²) in [6, 6.07) is 0. The van der Waals surface area contributed by atoms with Crippen LogP contribution in [0.3, 0.4) is 0 Å². The van der Waals surface area contributed by atoms with E-state index < -0.39 is 149 Å². The molecule has 4 rings (SSSR count). The second-order valence-corrected chi connectivity index (χ2v) is 11.1. The van der Waals surface area contributed by atoms with Gasteiger partial charge < -0.3 is 105 Å². The van der Waals surface area contributed by atoms with Crippen LogP contribution in [-0.4, -0.2) is 221 Å². The van der Waals surface area contributed by atoms with Crippen molar-refractivity contribution in [2.75, 3.05) is 26.4 Å². The Morgan fingerprint density at radius 3 is 1.13 bits per heavy atom. The molecule has 4 aliphatic heterocycles. The topological polar surface area (TPSA) is 348 Å². The Kier molecular flexibility index (Phi) is 12.8. The van der Waals surface area contributed by atoms with Gasteiger partial charge in [-0.05, 0) is 0 Å². The fraction of sp³-hybridized carbons (Fsp3) is 1.00. The van der Waals surface area contributed by atoms with E-state index in [0.29, 0.717) is 0 Å². The fourth-order valence-corrected chi connectivity index (χ4v) is 5.50. The Balaban J connectivity index is 1.63. The summed E-state index contributed by atoms with van der Waals surface area (Å²) in [5.74, 6) is 0. The lowest BCUT2D eigenvalue weighted by Gasteiger charge is -2.49. The minimum atomic E-state index is -2.02. The van der Waals surface area contributed by atoms with Crippen molar-refractivity contribution in [3.63, 3.8) is 0 Å². The predicted octanol–water partition coefficient (Wildman–Crippen LogP) is -9.75. The van der Waals surface area contributed by atoms with Gasteiger partial charge in [0.25, 0.3) is 0 Å². The average molecular weight is 667 g/mol. The number of hydrogen-bond donors (Lipinski definition) is 14. The molecule has 0 unspecified atom stereocenters. The summed E-state index contributed by atoms with van der Waals surface area (Å²) in [4.78, 5) is 0. The zero-order valence-corrected chi connectivity index (χ0v) is 23.5. The molecule has 0 aliphatic carbocycles. The van der Waals surface area contributed by atoms with Crippen LogP contribution in [0.15, 0.2) is 0 Å². The van der Waals surface area contributed by atoms with Crippen molar-refractivity contribution < 1.29 is 105 Å². The molecule has 0 aromatic heterocycles. The van der Waals surface area contributed by atoms with E-state index in [9.17, 15) is 71.5 Å². The monoisotopic (exact) mass is 666 g/mol. The number of hydrogen-bond acceptors (Lipinski definition) is 21. The zero-order chi connectivity index (χ0) is 33.3. The van der Waals surface area contributed by atoms with Crippen LogP contribution in [0.25, 0.3) is 0 Å². The quantitative estimate of drug-likeness (QED) is 0.103. The number of aliphatic hydroxyl groups is 14. The molecule has 0 amide bonds. The van der Waals surface area contributed by atoms with Gasteiger partial charge in [0.15, 0.2) is 25.2 Å². The summed E-state index contributed by atoms with van der Waals surface area (Å²) in [6.07, 6.45) is -36.5. The van der Waals surface area contributed by atoms with E-state index in [1.54, 1.807) is 0 Å². The molecule has 4 aliphatic rings. The van der Waals surface area contributed by atoms with E-state index in [0.717, 1.165) is 0 Å². The molecule has 0 bridgehead atoms. The van der Waals surface area contributed by atoms with E-state index in [4.69, 9.17) is 33.2 Å². The second-order valence-electron chi connectivity index (χ2n) is 11.1. The van der Waals surface area contributed by atoms with E-state index in [1.165, 1.54) is 0 Å². The van der Waals surface area contributed by atoms with E-state index >= 15 is 0 Å². The number of aliphatic hydroxyl groups excluding tert-OH is 14. The molecule has 14 N–H and O–H groups in total. The van der Waals surface area contributed by atoms with Gasteiger partial charge in [-0.2, -0.15) is 0 Å². The molecule has 264 valence electrons. The maximum Gasteiger partial charge on any atom is 0.187 e. The lowest BCUT2D eigenvalue weighted by Crippen LogP contribution is -2.68. The van der Waals surface area contributed by atoms with Gasteiger partial charge in [0.2, 0.25) is 0 Å². The summed E-state index contributed by atoms with van der Waals surface area (Å²) < 4.78 is 38.4. The van der Waals surface area contributed by atoms with Gasteiger partial charge in [0, 0.05) is 0 Å². The van der Waals surface area contributed by atoms with Crippen molar-refractivity contribution >= 4 is 0 Å². The Bertz CT molecular complexity index is 914. The van der Waals surface area contributed by atoms with Crippen LogP contribution >= 0.6 is 0 Å². The van der Waals surface area contributed by atoms with E-state index in [1.807, 2.05) is 0 Å². The summed E-state index contributed by atoms with van der Waals surface area (Å²) >= 11 is 0. The SMILES string of the molecule is OC[C@H]1O[C@H](O[C@H]2[C@@H](O[C@H]3[C@H](O)[C@@H](O)[C@@H](O)O[C@@H]3CO)O[C@H](CO)[C@@H](O)[C@@H]2O)[C@H](O[C@H]2O[C@H](CO)[C@@H](O)[C@H](O)[C@H]2O)[C@@H](O)[C@H]1O. The van der Waals surface area contributed by atoms with Crippen molar-refractivity contribution in [1.82, 2.24) is 0 Å². The number of rotatable bonds is 10. The highest BCUT2D eigenvalue weighted by molar-refractivity contribution is 4.97. The van der Waals surface area contributed by atoms with Gasteiger partial charge in [-0.15, -0.1) is 0 Å². The fourth-order valence-electron chi connectivity index (χ4n) is 5.50. The molecule has 0 saturated carbocycles. The average Bonchev–Trinajstić information content (AvgIpc) is 3.03. The molecule has 4 heterocycles.